The third-order valence-electron chi connectivity index (χ3n) is 3.59. The third kappa shape index (κ3) is 3.55. The van der Waals surface area contributed by atoms with E-state index in [1.54, 1.807) is 19.1 Å². The molecule has 3 rings (SSSR count). The standard InChI is InChI=1S/C15H20N4O3/c1-10-17-13-4-3-11(7-14(13)22-10)18-15(20)16-8-12-9-19(2)5-6-21-12/h3-4,7,12H,5-6,8-9H2,1-2H3,(H2,16,18,20). The van der Waals surface area contributed by atoms with Gasteiger partial charge in [-0.05, 0) is 19.2 Å². The second kappa shape index (κ2) is 6.33. The number of hydrogen-bond donors (Lipinski definition) is 2. The second-order valence-corrected chi connectivity index (χ2v) is 5.51. The Morgan fingerprint density at radius 1 is 1.50 bits per heavy atom. The SMILES string of the molecule is Cc1nc2ccc(NC(=O)NCC3CN(C)CCO3)cc2o1. The van der Waals surface area contributed by atoms with Gasteiger partial charge in [-0.15, -0.1) is 0 Å². The van der Waals surface area contributed by atoms with E-state index >= 15 is 0 Å². The molecular weight excluding hydrogens is 284 g/mol. The molecule has 2 aromatic rings. The van der Waals surface area contributed by atoms with Crippen LogP contribution in [0.2, 0.25) is 0 Å². The third-order valence-corrected chi connectivity index (χ3v) is 3.59. The molecule has 2 amide bonds. The number of carbonyl (C=O) groups excluding carboxylic acids is 1. The molecule has 2 N–H and O–H groups in total. The van der Waals surface area contributed by atoms with Crippen LogP contribution in [0, 0.1) is 6.92 Å². The molecule has 7 nitrogen and oxygen atoms in total. The van der Waals surface area contributed by atoms with Crippen LogP contribution in [0.5, 0.6) is 0 Å². The summed E-state index contributed by atoms with van der Waals surface area (Å²) in [5, 5.41) is 5.61. The van der Waals surface area contributed by atoms with Crippen molar-refractivity contribution < 1.29 is 13.9 Å². The van der Waals surface area contributed by atoms with E-state index in [1.165, 1.54) is 0 Å². The highest BCUT2D eigenvalue weighted by atomic mass is 16.5. The average Bonchev–Trinajstić information content (AvgIpc) is 2.84. The number of urea groups is 1. The lowest BCUT2D eigenvalue weighted by molar-refractivity contribution is -0.0166. The van der Waals surface area contributed by atoms with Crippen molar-refractivity contribution in [3.63, 3.8) is 0 Å². The molecule has 0 saturated carbocycles. The molecule has 1 saturated heterocycles. The van der Waals surface area contributed by atoms with Gasteiger partial charge in [0.1, 0.15) is 5.52 Å². The number of nitrogens with zero attached hydrogens (tertiary/aromatic N) is 2. The number of morpholine rings is 1. The molecule has 1 atom stereocenters. The highest BCUT2D eigenvalue weighted by molar-refractivity contribution is 5.91. The van der Waals surface area contributed by atoms with Gasteiger partial charge in [0.05, 0.1) is 12.7 Å². The fourth-order valence-corrected chi connectivity index (χ4v) is 2.49. The van der Waals surface area contributed by atoms with Crippen LogP contribution < -0.4 is 10.6 Å². The lowest BCUT2D eigenvalue weighted by atomic mass is 10.3. The average molecular weight is 304 g/mol. The molecule has 1 aromatic carbocycles. The number of oxazole rings is 1. The molecular formula is C15H20N4O3. The first-order chi connectivity index (χ1) is 10.6. The van der Waals surface area contributed by atoms with E-state index in [4.69, 9.17) is 9.15 Å². The van der Waals surface area contributed by atoms with Gasteiger partial charge in [-0.1, -0.05) is 0 Å². The number of anilines is 1. The zero-order valence-electron chi connectivity index (χ0n) is 12.8. The van der Waals surface area contributed by atoms with Crippen LogP contribution in [0.3, 0.4) is 0 Å². The Labute approximate surface area is 128 Å². The van der Waals surface area contributed by atoms with Crippen molar-refractivity contribution in [3.05, 3.63) is 24.1 Å². The number of fused-ring (bicyclic) bond motifs is 1. The molecule has 1 aromatic heterocycles. The smallest absolute Gasteiger partial charge is 0.319 e. The molecule has 0 bridgehead atoms. The summed E-state index contributed by atoms with van der Waals surface area (Å²) in [5.74, 6) is 0.607. The van der Waals surface area contributed by atoms with Crippen LogP contribution in [0.15, 0.2) is 22.6 Å². The lowest BCUT2D eigenvalue weighted by Gasteiger charge is -2.30. The minimum absolute atomic E-state index is 0.0314. The molecule has 2 heterocycles. The van der Waals surface area contributed by atoms with Crippen molar-refractivity contribution in [2.75, 3.05) is 38.6 Å². The Balaban J connectivity index is 1.53. The highest BCUT2D eigenvalue weighted by Gasteiger charge is 2.18. The topological polar surface area (TPSA) is 79.6 Å². The van der Waals surface area contributed by atoms with E-state index in [-0.39, 0.29) is 12.1 Å². The molecule has 7 heteroatoms. The molecule has 1 fully saturated rings. The van der Waals surface area contributed by atoms with Crippen molar-refractivity contribution in [2.24, 2.45) is 0 Å². The lowest BCUT2D eigenvalue weighted by Crippen LogP contribution is -2.46. The fraction of sp³-hybridized carbons (Fsp3) is 0.467. The highest BCUT2D eigenvalue weighted by Crippen LogP contribution is 2.19. The number of carbonyl (C=O) groups is 1. The summed E-state index contributed by atoms with van der Waals surface area (Å²) >= 11 is 0. The summed E-state index contributed by atoms with van der Waals surface area (Å²) in [6, 6.07) is 5.13. The van der Waals surface area contributed by atoms with E-state index in [0.717, 1.165) is 18.6 Å². The van der Waals surface area contributed by atoms with Crippen LogP contribution in [0.4, 0.5) is 10.5 Å². The van der Waals surface area contributed by atoms with Crippen molar-refractivity contribution in [1.82, 2.24) is 15.2 Å². The van der Waals surface area contributed by atoms with E-state index in [2.05, 4.69) is 20.5 Å². The number of likely N-dealkylation sites (N-methyl/N-ethyl adjacent to an activating group) is 1. The molecule has 1 aliphatic rings. The largest absolute Gasteiger partial charge is 0.441 e. The summed E-state index contributed by atoms with van der Waals surface area (Å²) in [5.41, 5.74) is 2.11. The van der Waals surface area contributed by atoms with Crippen molar-refractivity contribution in [3.8, 4) is 0 Å². The van der Waals surface area contributed by atoms with Gasteiger partial charge in [0.2, 0.25) is 0 Å². The van der Waals surface area contributed by atoms with Crippen LogP contribution >= 0.6 is 0 Å². The molecule has 0 radical (unpaired) electrons. The number of aromatic nitrogens is 1. The molecule has 1 aliphatic heterocycles. The molecule has 0 spiro atoms. The van der Waals surface area contributed by atoms with Gasteiger partial charge in [0.25, 0.3) is 0 Å². The Hall–Kier alpha value is -2.12. The van der Waals surface area contributed by atoms with Gasteiger partial charge in [-0.25, -0.2) is 9.78 Å². The first kappa shape index (κ1) is 14.8. The maximum Gasteiger partial charge on any atom is 0.319 e. The number of amides is 2. The fourth-order valence-electron chi connectivity index (χ4n) is 2.49. The van der Waals surface area contributed by atoms with Crippen molar-refractivity contribution in [2.45, 2.75) is 13.0 Å². The maximum absolute atomic E-state index is 11.9. The summed E-state index contributed by atoms with van der Waals surface area (Å²) < 4.78 is 11.1. The van der Waals surface area contributed by atoms with E-state index < -0.39 is 0 Å². The summed E-state index contributed by atoms with van der Waals surface area (Å²) in [6.07, 6.45) is 0.0314. The van der Waals surface area contributed by atoms with Crippen LogP contribution in [0.1, 0.15) is 5.89 Å². The minimum atomic E-state index is -0.257. The quantitative estimate of drug-likeness (QED) is 0.900. The van der Waals surface area contributed by atoms with E-state index in [1.807, 2.05) is 13.1 Å². The number of aryl methyl sites for hydroxylation is 1. The van der Waals surface area contributed by atoms with E-state index in [9.17, 15) is 4.79 Å². The van der Waals surface area contributed by atoms with Gasteiger partial charge >= 0.3 is 6.03 Å². The number of ether oxygens (including phenoxy) is 1. The normalized spacial score (nSPS) is 19.3. The van der Waals surface area contributed by atoms with Gasteiger partial charge in [-0.2, -0.15) is 0 Å². The number of hydrogen-bond acceptors (Lipinski definition) is 5. The predicted octanol–water partition coefficient (Wildman–Crippen LogP) is 1.59. The second-order valence-electron chi connectivity index (χ2n) is 5.51. The Morgan fingerprint density at radius 2 is 2.36 bits per heavy atom. The molecule has 1 unspecified atom stereocenters. The molecule has 118 valence electrons. The molecule has 0 aliphatic carbocycles. The summed E-state index contributed by atoms with van der Waals surface area (Å²) in [6.45, 7) is 4.73. The van der Waals surface area contributed by atoms with Gasteiger partial charge in [0, 0.05) is 38.3 Å². The van der Waals surface area contributed by atoms with Gasteiger partial charge in [0.15, 0.2) is 11.5 Å². The van der Waals surface area contributed by atoms with Crippen LogP contribution in [0.25, 0.3) is 11.1 Å². The number of nitrogens with one attached hydrogen (secondary N) is 2. The minimum Gasteiger partial charge on any atom is -0.441 e. The number of rotatable bonds is 3. The monoisotopic (exact) mass is 304 g/mol. The van der Waals surface area contributed by atoms with Crippen LogP contribution in [-0.2, 0) is 4.74 Å². The Bertz CT molecular complexity index is 670. The zero-order valence-corrected chi connectivity index (χ0v) is 12.8. The Kier molecular flexibility index (Phi) is 4.26. The zero-order chi connectivity index (χ0) is 15.5. The van der Waals surface area contributed by atoms with Gasteiger partial charge in [-0.3, -0.25) is 0 Å². The van der Waals surface area contributed by atoms with E-state index in [0.29, 0.717) is 30.3 Å². The maximum atomic E-state index is 11.9. The first-order valence-corrected chi connectivity index (χ1v) is 7.32. The predicted molar refractivity (Wildman–Crippen MR) is 83.0 cm³/mol. The summed E-state index contributed by atoms with van der Waals surface area (Å²) in [4.78, 5) is 18.4. The van der Waals surface area contributed by atoms with Crippen molar-refractivity contribution >= 4 is 22.8 Å². The van der Waals surface area contributed by atoms with Crippen LogP contribution in [-0.4, -0.2) is 55.3 Å². The molecule has 22 heavy (non-hydrogen) atoms. The first-order valence-electron chi connectivity index (χ1n) is 7.32. The summed E-state index contributed by atoms with van der Waals surface area (Å²) in [7, 11) is 2.05. The Morgan fingerprint density at radius 3 is 3.18 bits per heavy atom. The van der Waals surface area contributed by atoms with Gasteiger partial charge < -0.3 is 24.7 Å². The van der Waals surface area contributed by atoms with Crippen molar-refractivity contribution in [1.29, 1.82) is 0 Å². The number of benzene rings is 1.